The summed E-state index contributed by atoms with van der Waals surface area (Å²) in [5.41, 5.74) is 3.95. The van der Waals surface area contributed by atoms with Crippen molar-refractivity contribution in [1.82, 2.24) is 0 Å². The molecule has 0 aliphatic carbocycles. The Morgan fingerprint density at radius 1 is 0.806 bits per heavy atom. The van der Waals surface area contributed by atoms with Crippen molar-refractivity contribution >= 4 is 29.7 Å². The first-order valence-electron chi connectivity index (χ1n) is 10.5. The number of hydrogen-bond donors (Lipinski definition) is 1. The van der Waals surface area contributed by atoms with Gasteiger partial charge in [-0.2, -0.15) is 0 Å². The van der Waals surface area contributed by atoms with Crippen LogP contribution in [0.25, 0.3) is 0 Å². The third-order valence-corrected chi connectivity index (χ3v) is 7.96. The van der Waals surface area contributed by atoms with Crippen LogP contribution >= 0.6 is 7.37 Å². The third-order valence-electron chi connectivity index (χ3n) is 5.19. The summed E-state index contributed by atoms with van der Waals surface area (Å²) < 4.78 is 20.6. The lowest BCUT2D eigenvalue weighted by Gasteiger charge is -2.30. The fourth-order valence-corrected chi connectivity index (χ4v) is 5.89. The van der Waals surface area contributed by atoms with E-state index in [-0.39, 0.29) is 0 Å². The molecule has 31 heavy (non-hydrogen) atoms. The van der Waals surface area contributed by atoms with Gasteiger partial charge in [-0.3, -0.25) is 4.57 Å². The van der Waals surface area contributed by atoms with E-state index in [0.717, 1.165) is 22.6 Å². The zero-order valence-electron chi connectivity index (χ0n) is 18.9. The standard InChI is InChI=1S/C25H32N3O2P/c1-6-30-31(29,24-18-16-23(17-19-24)28(4)5)25(26-21-10-8-7-9-11-21)20-12-14-22(15-13-20)27(2)3/h7-19,25-26H,6H2,1-5H3/t25-,31-/m1/s1. The Kier molecular flexibility index (Phi) is 7.42. The average molecular weight is 438 g/mol. The molecule has 0 spiro atoms. The summed E-state index contributed by atoms with van der Waals surface area (Å²) >= 11 is 0. The van der Waals surface area contributed by atoms with E-state index in [9.17, 15) is 4.57 Å². The van der Waals surface area contributed by atoms with Gasteiger partial charge in [0.05, 0.1) is 6.61 Å². The topological polar surface area (TPSA) is 44.8 Å². The van der Waals surface area contributed by atoms with Crippen LogP contribution in [-0.2, 0) is 9.09 Å². The van der Waals surface area contributed by atoms with Crippen LogP contribution in [0.5, 0.6) is 0 Å². The Morgan fingerprint density at radius 2 is 1.32 bits per heavy atom. The summed E-state index contributed by atoms with van der Waals surface area (Å²) in [6.45, 7) is 2.24. The summed E-state index contributed by atoms with van der Waals surface area (Å²) in [6, 6.07) is 25.8. The Bertz CT molecular complexity index is 1000. The van der Waals surface area contributed by atoms with Crippen molar-refractivity contribution < 1.29 is 9.09 Å². The maximum absolute atomic E-state index is 14.5. The van der Waals surface area contributed by atoms with E-state index in [0.29, 0.717) is 11.9 Å². The van der Waals surface area contributed by atoms with Crippen LogP contribution in [0.15, 0.2) is 78.9 Å². The van der Waals surface area contributed by atoms with Crippen molar-refractivity contribution in [3.8, 4) is 0 Å². The molecule has 3 rings (SSSR count). The minimum absolute atomic E-state index is 0.357. The number of nitrogens with one attached hydrogen (secondary N) is 1. The minimum Gasteiger partial charge on any atom is -0.378 e. The predicted octanol–water partition coefficient (Wildman–Crippen LogP) is 5.57. The van der Waals surface area contributed by atoms with Gasteiger partial charge in [0, 0.05) is 50.6 Å². The highest BCUT2D eigenvalue weighted by molar-refractivity contribution is 7.67. The lowest BCUT2D eigenvalue weighted by Crippen LogP contribution is -2.21. The second-order valence-electron chi connectivity index (χ2n) is 7.82. The Morgan fingerprint density at radius 3 is 1.81 bits per heavy atom. The van der Waals surface area contributed by atoms with Gasteiger partial charge in [-0.1, -0.05) is 30.3 Å². The number of para-hydroxylation sites is 1. The van der Waals surface area contributed by atoms with Crippen molar-refractivity contribution in [3.05, 3.63) is 84.4 Å². The minimum atomic E-state index is -3.30. The fraction of sp³-hybridized carbons (Fsp3) is 0.280. The maximum atomic E-state index is 14.5. The van der Waals surface area contributed by atoms with Crippen molar-refractivity contribution in [2.24, 2.45) is 0 Å². The van der Waals surface area contributed by atoms with Crippen LogP contribution in [0.3, 0.4) is 0 Å². The first-order valence-corrected chi connectivity index (χ1v) is 12.2. The Labute approximate surface area is 186 Å². The third kappa shape index (κ3) is 5.30. The molecule has 164 valence electrons. The zero-order chi connectivity index (χ0) is 22.4. The van der Waals surface area contributed by atoms with E-state index in [2.05, 4.69) is 5.32 Å². The molecular formula is C25H32N3O2P. The van der Waals surface area contributed by atoms with Crippen LogP contribution in [0.4, 0.5) is 17.1 Å². The number of nitrogens with zero attached hydrogens (tertiary/aromatic N) is 2. The predicted molar refractivity (Wildman–Crippen MR) is 133 cm³/mol. The molecule has 0 aliphatic rings. The van der Waals surface area contributed by atoms with Gasteiger partial charge >= 0.3 is 0 Å². The van der Waals surface area contributed by atoms with E-state index in [1.807, 2.05) is 124 Å². The molecule has 0 aromatic heterocycles. The quantitative estimate of drug-likeness (QED) is 0.444. The molecule has 0 amide bonds. The van der Waals surface area contributed by atoms with Gasteiger partial charge < -0.3 is 19.6 Å². The van der Waals surface area contributed by atoms with Gasteiger partial charge in [0.25, 0.3) is 7.37 Å². The number of hydrogen-bond acceptors (Lipinski definition) is 5. The van der Waals surface area contributed by atoms with E-state index >= 15 is 0 Å². The van der Waals surface area contributed by atoms with E-state index in [1.54, 1.807) is 0 Å². The number of rotatable bonds is 9. The molecule has 0 radical (unpaired) electrons. The Balaban J connectivity index is 2.09. The maximum Gasteiger partial charge on any atom is 0.258 e. The molecule has 5 nitrogen and oxygen atoms in total. The molecule has 0 unspecified atom stereocenters. The summed E-state index contributed by atoms with van der Waals surface area (Å²) in [7, 11) is 4.69. The Hall–Kier alpha value is -2.75. The van der Waals surface area contributed by atoms with Crippen molar-refractivity contribution in [2.75, 3.05) is 49.9 Å². The van der Waals surface area contributed by atoms with E-state index in [4.69, 9.17) is 4.52 Å². The lowest BCUT2D eigenvalue weighted by molar-refractivity contribution is 0.335. The lowest BCUT2D eigenvalue weighted by atomic mass is 10.2. The molecule has 0 bridgehead atoms. The number of benzene rings is 3. The molecule has 0 fully saturated rings. The summed E-state index contributed by atoms with van der Waals surface area (Å²) in [6.07, 6.45) is 0. The highest BCUT2D eigenvalue weighted by Gasteiger charge is 2.37. The van der Waals surface area contributed by atoms with Gasteiger partial charge in [0.15, 0.2) is 0 Å². The van der Waals surface area contributed by atoms with Crippen LogP contribution in [-0.4, -0.2) is 34.8 Å². The SMILES string of the molecule is CCO[P@](=O)(c1ccc(N(C)C)cc1)[C@@H](Nc1ccccc1)c1ccc(N(C)C)cc1. The number of anilines is 3. The monoisotopic (exact) mass is 437 g/mol. The van der Waals surface area contributed by atoms with Crippen molar-refractivity contribution in [1.29, 1.82) is 0 Å². The highest BCUT2D eigenvalue weighted by atomic mass is 31.2. The van der Waals surface area contributed by atoms with Gasteiger partial charge in [-0.05, 0) is 61.0 Å². The molecule has 2 atom stereocenters. The molecule has 0 aliphatic heterocycles. The van der Waals surface area contributed by atoms with E-state index in [1.165, 1.54) is 0 Å². The normalized spacial score (nSPS) is 13.8. The average Bonchev–Trinajstić information content (AvgIpc) is 2.78. The fourth-order valence-electron chi connectivity index (χ4n) is 3.46. The van der Waals surface area contributed by atoms with Gasteiger partial charge in [0.2, 0.25) is 0 Å². The molecule has 0 saturated heterocycles. The van der Waals surface area contributed by atoms with Crippen molar-refractivity contribution in [3.63, 3.8) is 0 Å². The first kappa shape index (κ1) is 22.9. The zero-order valence-corrected chi connectivity index (χ0v) is 19.8. The van der Waals surface area contributed by atoms with Crippen molar-refractivity contribution in [2.45, 2.75) is 12.7 Å². The van der Waals surface area contributed by atoms with Crippen LogP contribution < -0.4 is 20.4 Å². The molecule has 3 aromatic rings. The smallest absolute Gasteiger partial charge is 0.258 e. The van der Waals surface area contributed by atoms with Crippen LogP contribution in [0, 0.1) is 0 Å². The van der Waals surface area contributed by atoms with Crippen LogP contribution in [0.1, 0.15) is 18.3 Å². The molecule has 0 heterocycles. The van der Waals surface area contributed by atoms with Gasteiger partial charge in [0.1, 0.15) is 5.78 Å². The summed E-state index contributed by atoms with van der Waals surface area (Å²) in [4.78, 5) is 4.07. The molecule has 3 aromatic carbocycles. The molecule has 6 heteroatoms. The highest BCUT2D eigenvalue weighted by Crippen LogP contribution is 2.59. The summed E-state index contributed by atoms with van der Waals surface area (Å²) in [5.74, 6) is -0.517. The van der Waals surface area contributed by atoms with Gasteiger partial charge in [-0.15, -0.1) is 0 Å². The van der Waals surface area contributed by atoms with Crippen LogP contribution in [0.2, 0.25) is 0 Å². The molecular weight excluding hydrogens is 405 g/mol. The first-order chi connectivity index (χ1) is 14.8. The van der Waals surface area contributed by atoms with Gasteiger partial charge in [-0.25, -0.2) is 0 Å². The summed E-state index contributed by atoms with van der Waals surface area (Å²) in [5, 5.41) is 4.19. The van der Waals surface area contributed by atoms with E-state index < -0.39 is 13.2 Å². The second kappa shape index (κ2) is 10.0. The largest absolute Gasteiger partial charge is 0.378 e. The molecule has 0 saturated carbocycles. The molecule has 1 N–H and O–H groups in total. The second-order valence-corrected chi connectivity index (χ2v) is 10.3.